The van der Waals surface area contributed by atoms with Gasteiger partial charge in [-0.2, -0.15) is 5.21 Å². The van der Waals surface area contributed by atoms with Crippen LogP contribution < -0.4 is 0 Å². The van der Waals surface area contributed by atoms with Crippen molar-refractivity contribution in [3.63, 3.8) is 0 Å². The normalized spacial score (nSPS) is 15.5. The first-order chi connectivity index (χ1) is 8.24. The largest absolute Gasteiger partial charge is 0.291 e. The van der Waals surface area contributed by atoms with E-state index in [9.17, 15) is 0 Å². The van der Waals surface area contributed by atoms with Gasteiger partial charge in [-0.3, -0.25) is 4.90 Å². The van der Waals surface area contributed by atoms with Crippen LogP contribution in [0.3, 0.4) is 0 Å². The Bertz CT molecular complexity index is 519. The number of aromatic amines is 1. The van der Waals surface area contributed by atoms with E-state index < -0.39 is 0 Å². The van der Waals surface area contributed by atoms with Crippen LogP contribution in [0.1, 0.15) is 25.1 Å². The highest BCUT2D eigenvalue weighted by Crippen LogP contribution is 2.23. The first-order valence-corrected chi connectivity index (χ1v) is 5.56. The van der Waals surface area contributed by atoms with Crippen molar-refractivity contribution in [2.45, 2.75) is 33.0 Å². The zero-order valence-electron chi connectivity index (χ0n) is 9.75. The Kier molecular flexibility index (Phi) is 2.32. The molecule has 0 radical (unpaired) electrons. The second-order valence-electron chi connectivity index (χ2n) is 4.40. The van der Waals surface area contributed by atoms with E-state index in [2.05, 4.69) is 49.3 Å². The summed E-state index contributed by atoms with van der Waals surface area (Å²) in [7, 11) is 0. The second-order valence-corrected chi connectivity index (χ2v) is 4.40. The van der Waals surface area contributed by atoms with Crippen molar-refractivity contribution in [1.82, 2.24) is 35.5 Å². The average molecular weight is 231 g/mol. The molecule has 88 valence electrons. The minimum absolute atomic E-state index is 0.441. The zero-order chi connectivity index (χ0) is 11.8. The SMILES string of the molecule is CC(C)N1Cc2cnc(-c3nn[nH]n3)nc2C1. The summed E-state index contributed by atoms with van der Waals surface area (Å²) in [4.78, 5) is 11.1. The predicted octanol–water partition coefficient (Wildman–Crippen LogP) is 0.381. The molecule has 1 aliphatic heterocycles. The number of nitrogens with one attached hydrogen (secondary N) is 1. The van der Waals surface area contributed by atoms with E-state index in [4.69, 9.17) is 0 Å². The molecule has 1 aliphatic rings. The van der Waals surface area contributed by atoms with Crippen LogP contribution in [0.15, 0.2) is 6.20 Å². The summed E-state index contributed by atoms with van der Waals surface area (Å²) >= 11 is 0. The molecule has 0 bridgehead atoms. The number of nitrogens with zero attached hydrogens (tertiary/aromatic N) is 6. The Hall–Kier alpha value is -1.89. The van der Waals surface area contributed by atoms with E-state index in [-0.39, 0.29) is 0 Å². The summed E-state index contributed by atoms with van der Waals surface area (Å²) in [6.07, 6.45) is 1.86. The maximum Gasteiger partial charge on any atom is 0.241 e. The lowest BCUT2D eigenvalue weighted by Crippen LogP contribution is -2.24. The topological polar surface area (TPSA) is 83.5 Å². The second kappa shape index (κ2) is 3.85. The number of hydrogen-bond acceptors (Lipinski definition) is 6. The third-order valence-electron chi connectivity index (χ3n) is 2.96. The summed E-state index contributed by atoms with van der Waals surface area (Å²) in [5.74, 6) is 0.971. The van der Waals surface area contributed by atoms with Crippen LogP contribution in [0.2, 0.25) is 0 Å². The highest BCUT2D eigenvalue weighted by atomic mass is 15.5. The Morgan fingerprint density at radius 1 is 1.29 bits per heavy atom. The number of hydrogen-bond donors (Lipinski definition) is 1. The van der Waals surface area contributed by atoms with Gasteiger partial charge in [0.25, 0.3) is 0 Å². The summed E-state index contributed by atoms with van der Waals surface area (Å²) in [5.41, 5.74) is 2.25. The third kappa shape index (κ3) is 1.78. The molecule has 0 aromatic carbocycles. The molecule has 0 aliphatic carbocycles. The maximum atomic E-state index is 4.49. The van der Waals surface area contributed by atoms with Gasteiger partial charge in [0.05, 0.1) is 5.69 Å². The molecule has 0 atom stereocenters. The lowest BCUT2D eigenvalue weighted by molar-refractivity contribution is 0.226. The van der Waals surface area contributed by atoms with E-state index >= 15 is 0 Å². The van der Waals surface area contributed by atoms with Crippen molar-refractivity contribution in [3.05, 3.63) is 17.5 Å². The number of tetrazole rings is 1. The molecule has 0 saturated carbocycles. The molecule has 7 heteroatoms. The molecular weight excluding hydrogens is 218 g/mol. The zero-order valence-corrected chi connectivity index (χ0v) is 9.75. The molecule has 17 heavy (non-hydrogen) atoms. The van der Waals surface area contributed by atoms with E-state index in [1.165, 1.54) is 5.56 Å². The summed E-state index contributed by atoms with van der Waals surface area (Å²) in [6.45, 7) is 6.14. The molecule has 3 heterocycles. The number of H-pyrrole nitrogens is 1. The van der Waals surface area contributed by atoms with Gasteiger partial charge < -0.3 is 0 Å². The van der Waals surface area contributed by atoms with Gasteiger partial charge in [0.2, 0.25) is 11.6 Å². The Labute approximate surface area is 98.3 Å². The first kappa shape index (κ1) is 10.3. The smallest absolute Gasteiger partial charge is 0.241 e. The van der Waals surface area contributed by atoms with Gasteiger partial charge >= 0.3 is 0 Å². The lowest BCUT2D eigenvalue weighted by atomic mass is 10.3. The van der Waals surface area contributed by atoms with E-state index in [1.807, 2.05) is 6.20 Å². The summed E-state index contributed by atoms with van der Waals surface area (Å²) < 4.78 is 0. The molecule has 2 aromatic heterocycles. The monoisotopic (exact) mass is 231 g/mol. The average Bonchev–Trinajstić information content (AvgIpc) is 2.97. The molecule has 2 aromatic rings. The summed E-state index contributed by atoms with van der Waals surface area (Å²) in [5, 5.41) is 13.7. The molecule has 7 nitrogen and oxygen atoms in total. The van der Waals surface area contributed by atoms with Crippen LogP contribution in [-0.2, 0) is 13.1 Å². The molecule has 1 N–H and O–H groups in total. The fourth-order valence-corrected chi connectivity index (χ4v) is 1.91. The molecule has 0 unspecified atom stereocenters. The van der Waals surface area contributed by atoms with Gasteiger partial charge in [-0.05, 0) is 19.1 Å². The van der Waals surface area contributed by atoms with Crippen molar-refractivity contribution in [2.75, 3.05) is 0 Å². The molecule has 0 saturated heterocycles. The van der Waals surface area contributed by atoms with Crippen molar-refractivity contribution >= 4 is 0 Å². The Morgan fingerprint density at radius 3 is 2.88 bits per heavy atom. The highest BCUT2D eigenvalue weighted by Gasteiger charge is 2.23. The number of aromatic nitrogens is 6. The Morgan fingerprint density at radius 2 is 2.18 bits per heavy atom. The fraction of sp³-hybridized carbons (Fsp3) is 0.500. The van der Waals surface area contributed by atoms with E-state index in [0.717, 1.165) is 18.8 Å². The minimum Gasteiger partial charge on any atom is -0.291 e. The van der Waals surface area contributed by atoms with Crippen LogP contribution in [0, 0.1) is 0 Å². The molecule has 0 amide bonds. The van der Waals surface area contributed by atoms with E-state index in [1.54, 1.807) is 0 Å². The van der Waals surface area contributed by atoms with Crippen molar-refractivity contribution < 1.29 is 0 Å². The van der Waals surface area contributed by atoms with Crippen LogP contribution in [0.4, 0.5) is 0 Å². The Balaban J connectivity index is 1.93. The third-order valence-corrected chi connectivity index (χ3v) is 2.96. The van der Waals surface area contributed by atoms with E-state index in [0.29, 0.717) is 17.7 Å². The van der Waals surface area contributed by atoms with Gasteiger partial charge in [0.1, 0.15) is 0 Å². The van der Waals surface area contributed by atoms with Gasteiger partial charge in [-0.15, -0.1) is 10.2 Å². The van der Waals surface area contributed by atoms with Crippen molar-refractivity contribution in [2.24, 2.45) is 0 Å². The van der Waals surface area contributed by atoms with Gasteiger partial charge in [0, 0.05) is 30.9 Å². The molecule has 0 spiro atoms. The predicted molar refractivity (Wildman–Crippen MR) is 59.6 cm³/mol. The van der Waals surface area contributed by atoms with Gasteiger partial charge in [-0.25, -0.2) is 9.97 Å². The van der Waals surface area contributed by atoms with Crippen LogP contribution in [-0.4, -0.2) is 41.5 Å². The highest BCUT2D eigenvalue weighted by molar-refractivity contribution is 5.42. The van der Waals surface area contributed by atoms with Crippen molar-refractivity contribution in [1.29, 1.82) is 0 Å². The number of fused-ring (bicyclic) bond motifs is 1. The van der Waals surface area contributed by atoms with Crippen LogP contribution in [0.25, 0.3) is 11.6 Å². The van der Waals surface area contributed by atoms with Gasteiger partial charge in [-0.1, -0.05) is 0 Å². The molecular formula is C10H13N7. The molecule has 3 rings (SSSR count). The number of rotatable bonds is 2. The van der Waals surface area contributed by atoms with Crippen LogP contribution in [0.5, 0.6) is 0 Å². The first-order valence-electron chi connectivity index (χ1n) is 5.56. The molecule has 0 fully saturated rings. The van der Waals surface area contributed by atoms with Gasteiger partial charge in [0.15, 0.2) is 0 Å². The quantitative estimate of drug-likeness (QED) is 0.804. The minimum atomic E-state index is 0.441. The van der Waals surface area contributed by atoms with Crippen LogP contribution >= 0.6 is 0 Å². The summed E-state index contributed by atoms with van der Waals surface area (Å²) in [6, 6.07) is 0.512. The maximum absolute atomic E-state index is 4.49. The van der Waals surface area contributed by atoms with Crippen molar-refractivity contribution in [3.8, 4) is 11.6 Å². The lowest BCUT2D eigenvalue weighted by Gasteiger charge is -2.18. The standard InChI is InChI=1S/C10H13N7/c1-6(2)17-4-7-3-11-9(12-8(7)5-17)10-13-15-16-14-10/h3,6H,4-5H2,1-2H3,(H,13,14,15,16). The fourth-order valence-electron chi connectivity index (χ4n) is 1.91.